The van der Waals surface area contributed by atoms with Crippen LogP contribution in [0.4, 0.5) is 0 Å². The van der Waals surface area contributed by atoms with Crippen molar-refractivity contribution in [1.29, 1.82) is 0 Å². The summed E-state index contributed by atoms with van der Waals surface area (Å²) < 4.78 is 5.89. The number of carbonyl (C=O) groups is 1. The Hall–Kier alpha value is -2.33. The minimum absolute atomic E-state index is 0.0206. The van der Waals surface area contributed by atoms with E-state index in [9.17, 15) is 4.79 Å². The molecule has 2 heterocycles. The van der Waals surface area contributed by atoms with Crippen LogP contribution in [0.25, 0.3) is 0 Å². The first kappa shape index (κ1) is 15.2. The molecule has 2 aromatic carbocycles. The van der Waals surface area contributed by atoms with Crippen LogP contribution in [0.15, 0.2) is 48.5 Å². The van der Waals surface area contributed by atoms with Crippen LogP contribution in [0.2, 0.25) is 0 Å². The fourth-order valence-corrected chi connectivity index (χ4v) is 3.85. The van der Waals surface area contributed by atoms with E-state index in [2.05, 4.69) is 23.3 Å². The van der Waals surface area contributed by atoms with Crippen molar-refractivity contribution in [3.8, 4) is 5.75 Å². The summed E-state index contributed by atoms with van der Waals surface area (Å²) in [6, 6.07) is 16.0. The lowest BCUT2D eigenvalue weighted by Gasteiger charge is -2.17. The highest BCUT2D eigenvalue weighted by molar-refractivity contribution is 5.96. The molecule has 4 heteroatoms. The molecule has 2 aliphatic rings. The molecule has 0 spiro atoms. The Morgan fingerprint density at radius 1 is 1.17 bits per heavy atom. The first-order valence-corrected chi connectivity index (χ1v) is 8.48. The maximum atomic E-state index is 12.5. The van der Waals surface area contributed by atoms with E-state index < -0.39 is 0 Å². The molecular formula is C20H22N2O2. The normalized spacial score (nSPS) is 23.1. The third-order valence-electron chi connectivity index (χ3n) is 5.07. The van der Waals surface area contributed by atoms with Crippen molar-refractivity contribution in [3.05, 3.63) is 65.2 Å². The fourth-order valence-electron chi connectivity index (χ4n) is 3.85. The zero-order chi connectivity index (χ0) is 16.5. The first-order chi connectivity index (χ1) is 11.7. The summed E-state index contributed by atoms with van der Waals surface area (Å²) in [5, 5.41) is 3.07. The highest BCUT2D eigenvalue weighted by Gasteiger charge is 2.36. The number of amides is 1. The van der Waals surface area contributed by atoms with Gasteiger partial charge in [0.1, 0.15) is 12.4 Å². The number of nitrogens with one attached hydrogen (secondary N) is 1. The van der Waals surface area contributed by atoms with Crippen LogP contribution in [0.3, 0.4) is 0 Å². The van der Waals surface area contributed by atoms with Gasteiger partial charge in [-0.2, -0.15) is 0 Å². The number of fused-ring (bicyclic) bond motifs is 3. The molecule has 1 fully saturated rings. The van der Waals surface area contributed by atoms with E-state index in [0.29, 0.717) is 18.4 Å². The first-order valence-electron chi connectivity index (χ1n) is 8.48. The van der Waals surface area contributed by atoms with Crippen LogP contribution < -0.4 is 10.1 Å². The van der Waals surface area contributed by atoms with Crippen LogP contribution in [-0.2, 0) is 6.61 Å². The van der Waals surface area contributed by atoms with Crippen molar-refractivity contribution in [2.45, 2.75) is 12.5 Å². The molecule has 1 saturated heterocycles. The summed E-state index contributed by atoms with van der Waals surface area (Å²) in [5.41, 5.74) is 3.05. The van der Waals surface area contributed by atoms with Crippen molar-refractivity contribution < 1.29 is 9.53 Å². The summed E-state index contributed by atoms with van der Waals surface area (Å²) in [6.45, 7) is 3.31. The molecule has 1 amide bonds. The predicted octanol–water partition coefficient (Wildman–Crippen LogP) is 2.65. The van der Waals surface area contributed by atoms with Crippen molar-refractivity contribution >= 4 is 5.91 Å². The molecule has 0 bridgehead atoms. The monoisotopic (exact) mass is 322 g/mol. The van der Waals surface area contributed by atoms with Gasteiger partial charge >= 0.3 is 0 Å². The van der Waals surface area contributed by atoms with Crippen molar-refractivity contribution in [1.82, 2.24) is 10.2 Å². The maximum Gasteiger partial charge on any atom is 0.251 e. The Labute approximate surface area is 142 Å². The third-order valence-corrected chi connectivity index (χ3v) is 5.07. The molecule has 2 aliphatic heterocycles. The summed E-state index contributed by atoms with van der Waals surface area (Å²) in [4.78, 5) is 14.8. The van der Waals surface area contributed by atoms with E-state index >= 15 is 0 Å². The third kappa shape index (κ3) is 2.89. The number of likely N-dealkylation sites (N-methyl/N-ethyl adjacent to an activating group) is 1. The minimum Gasteiger partial charge on any atom is -0.489 e. The van der Waals surface area contributed by atoms with E-state index in [4.69, 9.17) is 4.74 Å². The van der Waals surface area contributed by atoms with Gasteiger partial charge in [-0.25, -0.2) is 0 Å². The summed E-state index contributed by atoms with van der Waals surface area (Å²) >= 11 is 0. The lowest BCUT2D eigenvalue weighted by molar-refractivity contribution is 0.0951. The van der Waals surface area contributed by atoms with Gasteiger partial charge < -0.3 is 15.0 Å². The molecule has 4 rings (SSSR count). The zero-order valence-corrected chi connectivity index (χ0v) is 13.9. The number of ether oxygens (including phenoxy) is 1. The number of hydrogen-bond donors (Lipinski definition) is 1. The van der Waals surface area contributed by atoms with Gasteiger partial charge in [-0.05, 0) is 36.2 Å². The average molecular weight is 322 g/mol. The van der Waals surface area contributed by atoms with Crippen molar-refractivity contribution in [2.24, 2.45) is 5.92 Å². The number of nitrogens with zero attached hydrogens (tertiary/aromatic N) is 1. The number of rotatable bonds is 3. The highest BCUT2D eigenvalue weighted by Crippen LogP contribution is 2.36. The van der Waals surface area contributed by atoms with Gasteiger partial charge in [-0.3, -0.25) is 4.79 Å². The molecule has 2 atom stereocenters. The second kappa shape index (κ2) is 6.29. The minimum atomic E-state index is 0.0206. The van der Waals surface area contributed by atoms with Gasteiger partial charge in [0, 0.05) is 31.1 Å². The van der Waals surface area contributed by atoms with Crippen LogP contribution in [-0.4, -0.2) is 37.5 Å². The SMILES string of the molecule is CN1C[C@H]2CNC(=O)c3cc(OCc4ccccc4)ccc3[C@@H]2C1. The molecule has 0 aromatic heterocycles. The molecule has 1 N–H and O–H groups in total. The zero-order valence-electron chi connectivity index (χ0n) is 13.9. The Kier molecular flexibility index (Phi) is 3.98. The summed E-state index contributed by atoms with van der Waals surface area (Å²) in [5.74, 6) is 1.69. The smallest absolute Gasteiger partial charge is 0.251 e. The van der Waals surface area contributed by atoms with E-state index in [1.54, 1.807) is 0 Å². The van der Waals surface area contributed by atoms with Gasteiger partial charge in [0.15, 0.2) is 0 Å². The average Bonchev–Trinajstić information content (AvgIpc) is 2.93. The predicted molar refractivity (Wildman–Crippen MR) is 93.3 cm³/mol. The van der Waals surface area contributed by atoms with Crippen LogP contribution in [0.1, 0.15) is 27.4 Å². The molecule has 0 radical (unpaired) electrons. The Bertz CT molecular complexity index is 745. The highest BCUT2D eigenvalue weighted by atomic mass is 16.5. The fraction of sp³-hybridized carbons (Fsp3) is 0.350. The molecule has 124 valence electrons. The van der Waals surface area contributed by atoms with Gasteiger partial charge in [0.05, 0.1) is 0 Å². The molecule has 0 saturated carbocycles. The lowest BCUT2D eigenvalue weighted by atomic mass is 9.87. The standard InChI is InChI=1S/C20H22N2O2/c1-22-11-15-10-21-20(23)18-9-16(7-8-17(18)19(15)12-22)24-13-14-5-3-2-4-6-14/h2-9,15,19H,10-13H2,1H3,(H,21,23)/t15-,19-/m1/s1. The van der Waals surface area contributed by atoms with Gasteiger partial charge in [-0.15, -0.1) is 0 Å². The second-order valence-electron chi connectivity index (χ2n) is 6.82. The Morgan fingerprint density at radius 3 is 2.83 bits per heavy atom. The van der Waals surface area contributed by atoms with Gasteiger partial charge in [0.2, 0.25) is 0 Å². The van der Waals surface area contributed by atoms with Crippen LogP contribution in [0, 0.1) is 5.92 Å². The van der Waals surface area contributed by atoms with E-state index in [0.717, 1.165) is 42.1 Å². The topological polar surface area (TPSA) is 41.6 Å². The van der Waals surface area contributed by atoms with E-state index in [-0.39, 0.29) is 5.91 Å². The second-order valence-corrected chi connectivity index (χ2v) is 6.82. The molecule has 4 nitrogen and oxygen atoms in total. The molecule has 24 heavy (non-hydrogen) atoms. The van der Waals surface area contributed by atoms with Crippen molar-refractivity contribution in [2.75, 3.05) is 26.7 Å². The Morgan fingerprint density at radius 2 is 2.00 bits per heavy atom. The number of likely N-dealkylation sites (tertiary alicyclic amines) is 1. The van der Waals surface area contributed by atoms with E-state index in [1.165, 1.54) is 0 Å². The number of benzene rings is 2. The number of carbonyl (C=O) groups excluding carboxylic acids is 1. The molecule has 0 unspecified atom stereocenters. The van der Waals surface area contributed by atoms with Crippen LogP contribution >= 0.6 is 0 Å². The lowest BCUT2D eigenvalue weighted by Crippen LogP contribution is -2.29. The molecule has 0 aliphatic carbocycles. The Balaban J connectivity index is 1.58. The largest absolute Gasteiger partial charge is 0.489 e. The summed E-state index contributed by atoms with van der Waals surface area (Å²) in [6.07, 6.45) is 0. The maximum absolute atomic E-state index is 12.5. The quantitative estimate of drug-likeness (QED) is 0.944. The van der Waals surface area contributed by atoms with Crippen molar-refractivity contribution in [3.63, 3.8) is 0 Å². The molecular weight excluding hydrogens is 300 g/mol. The van der Waals surface area contributed by atoms with Gasteiger partial charge in [0.25, 0.3) is 5.91 Å². The molecule has 2 aromatic rings. The summed E-state index contributed by atoms with van der Waals surface area (Å²) in [7, 11) is 2.15. The van der Waals surface area contributed by atoms with Crippen LogP contribution in [0.5, 0.6) is 5.75 Å². The van der Waals surface area contributed by atoms with Gasteiger partial charge in [-0.1, -0.05) is 36.4 Å². The number of hydrogen-bond acceptors (Lipinski definition) is 3. The van der Waals surface area contributed by atoms with E-state index in [1.807, 2.05) is 42.5 Å².